The molecule has 0 amide bonds. The summed E-state index contributed by atoms with van der Waals surface area (Å²) in [4.78, 5) is 72.4. The van der Waals surface area contributed by atoms with Gasteiger partial charge in [0.15, 0.2) is 12.2 Å². The van der Waals surface area contributed by atoms with Crippen LogP contribution in [0.15, 0.2) is 0 Å². The molecule has 0 bridgehead atoms. The summed E-state index contributed by atoms with van der Waals surface area (Å²) in [6, 6.07) is 0. The Hall–Kier alpha value is -1.94. The normalized spacial score (nSPS) is 14.0. The molecule has 2 unspecified atom stereocenters. The number of aliphatic hydroxyl groups is 1. The van der Waals surface area contributed by atoms with Crippen LogP contribution in [0.1, 0.15) is 388 Å². The van der Waals surface area contributed by atoms with Crippen molar-refractivity contribution in [1.82, 2.24) is 0 Å². The van der Waals surface area contributed by atoms with E-state index in [4.69, 9.17) is 37.0 Å². The van der Waals surface area contributed by atoms with Crippen LogP contribution in [0.3, 0.4) is 0 Å². The summed E-state index contributed by atoms with van der Waals surface area (Å²) in [5.41, 5.74) is 0. The molecule has 0 aliphatic heterocycles. The first-order chi connectivity index (χ1) is 45.0. The Kier molecular flexibility index (Phi) is 65.9. The van der Waals surface area contributed by atoms with Gasteiger partial charge in [0.25, 0.3) is 0 Å². The highest BCUT2D eigenvalue weighted by Gasteiger charge is 2.30. The second-order valence-corrected chi connectivity index (χ2v) is 30.1. The van der Waals surface area contributed by atoms with E-state index in [9.17, 15) is 43.2 Å². The Morgan fingerprint density at radius 1 is 0.290 bits per heavy atom. The lowest BCUT2D eigenvalue weighted by Crippen LogP contribution is -2.30. The number of carbonyl (C=O) groups excluding carboxylic acids is 4. The van der Waals surface area contributed by atoms with Crippen LogP contribution in [0, 0.1) is 5.92 Å². The molecular formula is C74H144O17P2. The maximum Gasteiger partial charge on any atom is 0.472 e. The fourth-order valence-electron chi connectivity index (χ4n) is 11.4. The van der Waals surface area contributed by atoms with Gasteiger partial charge in [-0.05, 0) is 31.6 Å². The van der Waals surface area contributed by atoms with Gasteiger partial charge in [-0.15, -0.1) is 0 Å². The number of hydrogen-bond acceptors (Lipinski definition) is 15. The van der Waals surface area contributed by atoms with Gasteiger partial charge in [-0.2, -0.15) is 0 Å². The lowest BCUT2D eigenvalue weighted by molar-refractivity contribution is -0.161. The van der Waals surface area contributed by atoms with Crippen molar-refractivity contribution in [3.05, 3.63) is 0 Å². The monoisotopic (exact) mass is 1370 g/mol. The molecule has 93 heavy (non-hydrogen) atoms. The molecule has 0 aliphatic carbocycles. The number of phosphoric acid groups is 2. The van der Waals surface area contributed by atoms with Crippen LogP contribution < -0.4 is 0 Å². The zero-order valence-corrected chi connectivity index (χ0v) is 62.2. The largest absolute Gasteiger partial charge is 0.472 e. The predicted octanol–water partition coefficient (Wildman–Crippen LogP) is 21.7. The summed E-state index contributed by atoms with van der Waals surface area (Å²) >= 11 is 0. The Balaban J connectivity index is 5.10. The molecule has 0 aromatic heterocycles. The lowest BCUT2D eigenvalue weighted by Gasteiger charge is -2.21. The van der Waals surface area contributed by atoms with Crippen LogP contribution in [0.5, 0.6) is 0 Å². The standard InChI is InChI=1S/C74H144O17P2/c1-6-9-12-15-17-19-21-23-25-26-27-28-29-30-31-33-35-37-39-44-49-54-59-73(78)91-70(64-85-72(77)58-53-48-43-38-36-34-32-24-22-20-18-16-13-10-7-2)66-89-93(82,83)87-62-68(75)61-86-92(80,81)88-65-69(63-84-71(76)57-52-46-14-11-8-3)90-74(79)60-55-50-45-41-40-42-47-51-56-67(4)5/h67-70,75H,6-66H2,1-5H3,(H,80,81)(H,82,83)/t68-,69+,70+/m0/s1. The maximum atomic E-state index is 13.1. The van der Waals surface area contributed by atoms with E-state index < -0.39 is 97.5 Å². The van der Waals surface area contributed by atoms with E-state index in [2.05, 4.69) is 34.6 Å². The first-order valence-corrected chi connectivity index (χ1v) is 41.6. The van der Waals surface area contributed by atoms with E-state index in [0.29, 0.717) is 25.7 Å². The van der Waals surface area contributed by atoms with E-state index in [1.54, 1.807) is 0 Å². The highest BCUT2D eigenvalue weighted by Crippen LogP contribution is 2.45. The summed E-state index contributed by atoms with van der Waals surface area (Å²) in [6.45, 7) is 7.14. The average molecular weight is 1370 g/mol. The van der Waals surface area contributed by atoms with Crippen molar-refractivity contribution < 1.29 is 80.2 Å². The van der Waals surface area contributed by atoms with Gasteiger partial charge in [-0.3, -0.25) is 37.3 Å². The molecule has 5 atom stereocenters. The van der Waals surface area contributed by atoms with Gasteiger partial charge >= 0.3 is 39.5 Å². The molecule has 0 radical (unpaired) electrons. The topological polar surface area (TPSA) is 237 Å². The molecule has 0 aromatic carbocycles. The molecule has 17 nitrogen and oxygen atoms in total. The fraction of sp³-hybridized carbons (Fsp3) is 0.946. The van der Waals surface area contributed by atoms with Gasteiger partial charge in [-0.1, -0.05) is 336 Å². The zero-order chi connectivity index (χ0) is 68.4. The lowest BCUT2D eigenvalue weighted by atomic mass is 10.0. The first-order valence-electron chi connectivity index (χ1n) is 38.6. The van der Waals surface area contributed by atoms with Crippen LogP contribution in [0.25, 0.3) is 0 Å². The van der Waals surface area contributed by atoms with Crippen LogP contribution >= 0.6 is 15.6 Å². The number of hydrogen-bond donors (Lipinski definition) is 3. The Morgan fingerprint density at radius 3 is 0.731 bits per heavy atom. The maximum absolute atomic E-state index is 13.1. The third kappa shape index (κ3) is 68.4. The van der Waals surface area contributed by atoms with Crippen molar-refractivity contribution in [2.75, 3.05) is 39.6 Å². The van der Waals surface area contributed by atoms with Crippen molar-refractivity contribution in [2.24, 2.45) is 5.92 Å². The van der Waals surface area contributed by atoms with Crippen molar-refractivity contribution in [3.8, 4) is 0 Å². The Morgan fingerprint density at radius 2 is 0.495 bits per heavy atom. The minimum atomic E-state index is -4.95. The van der Waals surface area contributed by atoms with E-state index in [-0.39, 0.29) is 25.7 Å². The summed E-state index contributed by atoms with van der Waals surface area (Å²) in [7, 11) is -9.89. The molecular weight excluding hydrogens is 1220 g/mol. The van der Waals surface area contributed by atoms with E-state index >= 15 is 0 Å². The molecule has 19 heteroatoms. The van der Waals surface area contributed by atoms with Crippen LogP contribution in [0.2, 0.25) is 0 Å². The number of phosphoric ester groups is 2. The van der Waals surface area contributed by atoms with Gasteiger partial charge in [0.1, 0.15) is 19.3 Å². The molecule has 0 spiro atoms. The predicted molar refractivity (Wildman–Crippen MR) is 377 cm³/mol. The first kappa shape index (κ1) is 91.1. The van der Waals surface area contributed by atoms with Gasteiger partial charge in [0.2, 0.25) is 0 Å². The van der Waals surface area contributed by atoms with Crippen molar-refractivity contribution >= 4 is 39.5 Å². The number of carbonyl (C=O) groups is 4. The number of esters is 4. The Labute approximate surface area is 568 Å². The summed E-state index contributed by atoms with van der Waals surface area (Å²) in [5, 5.41) is 10.6. The van der Waals surface area contributed by atoms with Crippen molar-refractivity contribution in [3.63, 3.8) is 0 Å². The number of aliphatic hydroxyl groups excluding tert-OH is 1. The van der Waals surface area contributed by atoms with E-state index in [1.165, 1.54) is 205 Å². The molecule has 552 valence electrons. The molecule has 0 rings (SSSR count). The van der Waals surface area contributed by atoms with Crippen molar-refractivity contribution in [1.29, 1.82) is 0 Å². The zero-order valence-electron chi connectivity index (χ0n) is 60.4. The van der Waals surface area contributed by atoms with E-state index in [1.807, 2.05) is 0 Å². The number of rotatable bonds is 74. The van der Waals surface area contributed by atoms with Gasteiger partial charge < -0.3 is 33.8 Å². The molecule has 0 aromatic rings. The molecule has 3 N–H and O–H groups in total. The van der Waals surface area contributed by atoms with E-state index in [0.717, 1.165) is 102 Å². The molecule has 0 heterocycles. The third-order valence-electron chi connectivity index (χ3n) is 17.3. The van der Waals surface area contributed by atoms with Gasteiger partial charge in [0.05, 0.1) is 26.4 Å². The molecule has 0 saturated heterocycles. The summed E-state index contributed by atoms with van der Waals surface area (Å²) < 4.78 is 68.2. The number of ether oxygens (including phenoxy) is 4. The minimum Gasteiger partial charge on any atom is -0.462 e. The molecule has 0 fully saturated rings. The van der Waals surface area contributed by atoms with Crippen molar-refractivity contribution in [2.45, 2.75) is 406 Å². The average Bonchev–Trinajstić information content (AvgIpc) is 2.30. The van der Waals surface area contributed by atoms with Crippen LogP contribution in [-0.4, -0.2) is 96.7 Å². The second-order valence-electron chi connectivity index (χ2n) is 27.2. The SMILES string of the molecule is CCCCCCCCCCCCCCCCCCCCCCCCC(=O)O[C@H](COC(=O)CCCCCCCCCCCCCCCCC)COP(=O)(O)OC[C@@H](O)COP(=O)(O)OC[C@@H](COC(=O)CCCCCCC)OC(=O)CCCCCCCCCCC(C)C. The van der Waals surface area contributed by atoms with Crippen LogP contribution in [-0.2, 0) is 65.4 Å². The fourth-order valence-corrected chi connectivity index (χ4v) is 12.9. The quantitative estimate of drug-likeness (QED) is 0.0222. The second kappa shape index (κ2) is 67.3. The third-order valence-corrected chi connectivity index (χ3v) is 19.2. The Bertz CT molecular complexity index is 1790. The van der Waals surface area contributed by atoms with Gasteiger partial charge in [-0.25, -0.2) is 9.13 Å². The smallest absolute Gasteiger partial charge is 0.462 e. The number of unbranched alkanes of at least 4 members (excludes halogenated alkanes) is 46. The highest BCUT2D eigenvalue weighted by molar-refractivity contribution is 7.47. The highest BCUT2D eigenvalue weighted by atomic mass is 31.2. The van der Waals surface area contributed by atoms with Crippen LogP contribution in [0.4, 0.5) is 0 Å². The minimum absolute atomic E-state index is 0.104. The summed E-state index contributed by atoms with van der Waals surface area (Å²) in [5.74, 6) is -1.41. The summed E-state index contributed by atoms with van der Waals surface area (Å²) in [6.07, 6.45) is 56.2. The molecule has 0 aliphatic rings. The molecule has 0 saturated carbocycles. The van der Waals surface area contributed by atoms with Gasteiger partial charge in [0, 0.05) is 25.7 Å².